The monoisotopic (exact) mass is 400 g/mol. The molecular weight excluding hydrogens is 379 g/mol. The molecule has 0 bridgehead atoms. The number of hydrogen-bond donors (Lipinski definition) is 0. The van der Waals surface area contributed by atoms with Crippen LogP contribution in [-0.4, -0.2) is 7.85 Å². The number of benzene rings is 3. The van der Waals surface area contributed by atoms with Gasteiger partial charge in [0.15, 0.2) is 0 Å². The van der Waals surface area contributed by atoms with Gasteiger partial charge in [-0.15, -0.1) is 0 Å². The second-order valence-electron chi connectivity index (χ2n) is 8.93. The lowest BCUT2D eigenvalue weighted by Crippen LogP contribution is -2.18. The fourth-order valence-corrected chi connectivity index (χ4v) is 5.41. The van der Waals surface area contributed by atoms with Crippen LogP contribution in [0, 0.1) is 0 Å². The van der Waals surface area contributed by atoms with E-state index in [0.29, 0.717) is 0 Å². The largest absolute Gasteiger partial charge is 0.139 e. The summed E-state index contributed by atoms with van der Waals surface area (Å²) in [5.41, 5.74) is 12.8. The lowest BCUT2D eigenvalue weighted by Gasteiger charge is -2.24. The van der Waals surface area contributed by atoms with Crippen molar-refractivity contribution in [3.63, 3.8) is 0 Å². The molecule has 2 aliphatic rings. The molecule has 0 nitrogen and oxygen atoms in total. The van der Waals surface area contributed by atoms with E-state index in [2.05, 4.69) is 100 Å². The van der Waals surface area contributed by atoms with Crippen molar-refractivity contribution < 1.29 is 0 Å². The van der Waals surface area contributed by atoms with Crippen LogP contribution in [0.1, 0.15) is 49.9 Å². The maximum absolute atomic E-state index is 3.66. The summed E-state index contributed by atoms with van der Waals surface area (Å²) in [6, 6.07) is 18.6. The average molecular weight is 401 g/mol. The van der Waals surface area contributed by atoms with E-state index in [4.69, 9.17) is 0 Å². The van der Waals surface area contributed by atoms with Crippen molar-refractivity contribution >= 4 is 29.2 Å². The lowest BCUT2D eigenvalue weighted by atomic mass is 9.78. The molecule has 26 heavy (non-hydrogen) atoms. The Hall–Kier alpha value is -1.80. The van der Waals surface area contributed by atoms with Crippen molar-refractivity contribution in [2.75, 3.05) is 0 Å². The van der Waals surface area contributed by atoms with E-state index in [1.54, 1.807) is 0 Å². The lowest BCUT2D eigenvalue weighted by molar-refractivity contribution is 0.652. The third-order valence-electron chi connectivity index (χ3n) is 6.59. The summed E-state index contributed by atoms with van der Waals surface area (Å²) in [4.78, 5) is 0. The SMILES string of the molecule is Bc1ccc2c(c1)C(C)(C)c1cc3c(cc1-2)C(C)(C)c1cc(Br)ccc1-3. The Morgan fingerprint density at radius 1 is 0.615 bits per heavy atom. The first-order chi connectivity index (χ1) is 12.2. The van der Waals surface area contributed by atoms with Gasteiger partial charge in [0.25, 0.3) is 0 Å². The predicted octanol–water partition coefficient (Wildman–Crippen LogP) is 5.32. The fourth-order valence-electron chi connectivity index (χ4n) is 5.05. The van der Waals surface area contributed by atoms with E-state index in [0.717, 1.165) is 4.47 Å². The molecule has 5 rings (SSSR count). The summed E-state index contributed by atoms with van der Waals surface area (Å²) in [6.45, 7) is 9.44. The summed E-state index contributed by atoms with van der Waals surface area (Å²) < 4.78 is 1.16. The molecule has 2 heteroatoms. The van der Waals surface area contributed by atoms with Gasteiger partial charge in [-0.3, -0.25) is 0 Å². The van der Waals surface area contributed by atoms with Crippen LogP contribution in [0.25, 0.3) is 22.3 Å². The van der Waals surface area contributed by atoms with Gasteiger partial charge >= 0.3 is 0 Å². The van der Waals surface area contributed by atoms with Crippen molar-refractivity contribution in [2.45, 2.75) is 38.5 Å². The second kappa shape index (κ2) is 4.92. The van der Waals surface area contributed by atoms with Gasteiger partial charge in [0, 0.05) is 15.3 Å². The maximum atomic E-state index is 3.66. The molecule has 0 radical (unpaired) electrons. The minimum absolute atomic E-state index is 0.0288. The molecule has 0 aliphatic heterocycles. The van der Waals surface area contributed by atoms with E-state index < -0.39 is 0 Å². The standard InChI is InChI=1S/C24H22BBr/c1-23(2)19-9-13(25)5-7-15(19)17-11-22-18(12-21(17)23)16-8-6-14(26)10-20(16)24(22,3)4/h5-12H,25H2,1-4H3. The zero-order valence-electron chi connectivity index (χ0n) is 16.0. The summed E-state index contributed by atoms with van der Waals surface area (Å²) in [6.07, 6.45) is 0. The average Bonchev–Trinajstić information content (AvgIpc) is 2.93. The van der Waals surface area contributed by atoms with Crippen LogP contribution in [0.4, 0.5) is 0 Å². The Balaban J connectivity index is 1.84. The second-order valence-corrected chi connectivity index (χ2v) is 9.85. The zero-order valence-corrected chi connectivity index (χ0v) is 17.6. The van der Waals surface area contributed by atoms with E-state index in [1.807, 2.05) is 0 Å². The van der Waals surface area contributed by atoms with Gasteiger partial charge in [-0.25, -0.2) is 0 Å². The summed E-state index contributed by atoms with van der Waals surface area (Å²) in [5.74, 6) is 0. The van der Waals surface area contributed by atoms with E-state index in [-0.39, 0.29) is 10.8 Å². The smallest absolute Gasteiger partial charge is 0.0886 e. The van der Waals surface area contributed by atoms with Gasteiger partial charge in [0.2, 0.25) is 0 Å². The quantitative estimate of drug-likeness (QED) is 0.448. The highest BCUT2D eigenvalue weighted by Gasteiger charge is 2.41. The molecule has 0 aromatic heterocycles. The molecule has 0 saturated carbocycles. The topological polar surface area (TPSA) is 0 Å². The van der Waals surface area contributed by atoms with Crippen molar-refractivity contribution in [2.24, 2.45) is 0 Å². The molecule has 2 aliphatic carbocycles. The number of hydrogen-bond acceptors (Lipinski definition) is 0. The molecule has 3 aromatic carbocycles. The summed E-state index contributed by atoms with van der Waals surface area (Å²) >= 11 is 3.66. The minimum Gasteiger partial charge on any atom is -0.0886 e. The maximum Gasteiger partial charge on any atom is 0.139 e. The van der Waals surface area contributed by atoms with Crippen LogP contribution >= 0.6 is 15.9 Å². The van der Waals surface area contributed by atoms with Gasteiger partial charge in [-0.2, -0.15) is 0 Å². The Morgan fingerprint density at radius 3 is 1.65 bits per heavy atom. The molecule has 0 fully saturated rings. The summed E-state index contributed by atoms with van der Waals surface area (Å²) in [7, 11) is 2.19. The van der Waals surface area contributed by atoms with Crippen molar-refractivity contribution in [1.29, 1.82) is 0 Å². The van der Waals surface area contributed by atoms with Crippen molar-refractivity contribution in [1.82, 2.24) is 0 Å². The molecule has 128 valence electrons. The molecule has 0 spiro atoms. The third kappa shape index (κ3) is 1.92. The molecule has 0 unspecified atom stereocenters. The molecule has 0 atom stereocenters. The Labute approximate surface area is 165 Å². The van der Waals surface area contributed by atoms with Crippen LogP contribution in [0.5, 0.6) is 0 Å². The van der Waals surface area contributed by atoms with Crippen LogP contribution < -0.4 is 5.46 Å². The van der Waals surface area contributed by atoms with Crippen LogP contribution in [-0.2, 0) is 10.8 Å². The molecule has 0 heterocycles. The molecular formula is C24H22BBr. The van der Waals surface area contributed by atoms with Gasteiger partial charge < -0.3 is 0 Å². The highest BCUT2D eigenvalue weighted by atomic mass is 79.9. The minimum atomic E-state index is 0.0288. The van der Waals surface area contributed by atoms with E-state index in [9.17, 15) is 0 Å². The fraction of sp³-hybridized carbons (Fsp3) is 0.250. The molecule has 0 saturated heterocycles. The van der Waals surface area contributed by atoms with E-state index >= 15 is 0 Å². The third-order valence-corrected chi connectivity index (χ3v) is 7.08. The highest BCUT2D eigenvalue weighted by molar-refractivity contribution is 9.10. The first-order valence-corrected chi connectivity index (χ1v) is 10.1. The van der Waals surface area contributed by atoms with E-state index in [1.165, 1.54) is 50.0 Å². The Bertz CT molecular complexity index is 1020. The Morgan fingerprint density at radius 2 is 1.08 bits per heavy atom. The van der Waals surface area contributed by atoms with Crippen LogP contribution in [0.2, 0.25) is 0 Å². The van der Waals surface area contributed by atoms with Crippen molar-refractivity contribution in [3.8, 4) is 22.3 Å². The van der Waals surface area contributed by atoms with Crippen LogP contribution in [0.3, 0.4) is 0 Å². The van der Waals surface area contributed by atoms with Crippen molar-refractivity contribution in [3.05, 3.63) is 75.3 Å². The van der Waals surface area contributed by atoms with Gasteiger partial charge in [0.1, 0.15) is 7.85 Å². The molecule has 3 aromatic rings. The van der Waals surface area contributed by atoms with Crippen LogP contribution in [0.15, 0.2) is 53.0 Å². The zero-order chi connectivity index (χ0) is 18.4. The summed E-state index contributed by atoms with van der Waals surface area (Å²) in [5, 5.41) is 0. The number of halogens is 1. The Kier molecular flexibility index (Phi) is 3.10. The highest BCUT2D eigenvalue weighted by Crippen LogP contribution is 2.55. The van der Waals surface area contributed by atoms with Gasteiger partial charge in [-0.05, 0) is 68.8 Å². The predicted molar refractivity (Wildman–Crippen MR) is 117 cm³/mol. The van der Waals surface area contributed by atoms with Gasteiger partial charge in [-0.1, -0.05) is 73.4 Å². The number of fused-ring (bicyclic) bond motifs is 6. The first-order valence-electron chi connectivity index (χ1n) is 9.32. The molecule has 0 amide bonds. The first kappa shape index (κ1) is 16.4. The van der Waals surface area contributed by atoms with Gasteiger partial charge in [0.05, 0.1) is 0 Å². The normalized spacial score (nSPS) is 17.4. The molecule has 0 N–H and O–H groups in total. The number of rotatable bonds is 0.